The van der Waals surface area contributed by atoms with E-state index in [1.165, 1.54) is 12.1 Å². The number of fused-ring (bicyclic) bond motifs is 2. The number of halogens is 1. The van der Waals surface area contributed by atoms with Crippen molar-refractivity contribution in [2.24, 2.45) is 0 Å². The van der Waals surface area contributed by atoms with E-state index in [4.69, 9.17) is 9.72 Å². The smallest absolute Gasteiger partial charge is 0.159 e. The maximum atomic E-state index is 13.9. The third-order valence-electron chi connectivity index (χ3n) is 5.99. The fraction of sp³-hybridized carbons (Fsp3) is 0.148. The fourth-order valence-corrected chi connectivity index (χ4v) is 4.14. The highest BCUT2D eigenvalue weighted by Crippen LogP contribution is 2.32. The van der Waals surface area contributed by atoms with Gasteiger partial charge in [-0.15, -0.1) is 0 Å². The summed E-state index contributed by atoms with van der Waals surface area (Å²) in [5.41, 5.74) is 5.66. The number of pyridine rings is 3. The Bertz CT molecular complexity index is 1720. The van der Waals surface area contributed by atoms with Crippen LogP contribution < -0.4 is 4.74 Å². The van der Waals surface area contributed by atoms with E-state index in [2.05, 4.69) is 35.0 Å². The Kier molecular flexibility index (Phi) is 5.78. The molecule has 0 radical (unpaired) electrons. The van der Waals surface area contributed by atoms with Crippen molar-refractivity contribution in [2.75, 3.05) is 27.2 Å². The first-order valence-corrected chi connectivity index (χ1v) is 11.7. The lowest BCUT2D eigenvalue weighted by Crippen LogP contribution is -2.19. The Hall–Kier alpha value is -4.70. The van der Waals surface area contributed by atoms with Gasteiger partial charge in [-0.1, -0.05) is 12.1 Å². The van der Waals surface area contributed by atoms with E-state index in [0.717, 1.165) is 28.6 Å². The zero-order chi connectivity index (χ0) is 25.4. The molecule has 0 aliphatic heterocycles. The maximum absolute atomic E-state index is 13.9. The number of H-pyrrole nitrogens is 2. The van der Waals surface area contributed by atoms with Crippen LogP contribution >= 0.6 is 0 Å². The van der Waals surface area contributed by atoms with E-state index < -0.39 is 0 Å². The Morgan fingerprint density at radius 2 is 1.84 bits per heavy atom. The van der Waals surface area contributed by atoms with Crippen LogP contribution in [0.15, 0.2) is 67.3 Å². The first-order chi connectivity index (χ1) is 18.0. The molecule has 0 saturated carbocycles. The second-order valence-corrected chi connectivity index (χ2v) is 8.90. The number of nitrogens with one attached hydrogen (secondary N) is 2. The number of hydrogen-bond acceptors (Lipinski definition) is 7. The summed E-state index contributed by atoms with van der Waals surface area (Å²) >= 11 is 0. The highest BCUT2D eigenvalue weighted by atomic mass is 19.1. The molecule has 6 rings (SSSR count). The van der Waals surface area contributed by atoms with Gasteiger partial charge < -0.3 is 14.6 Å². The summed E-state index contributed by atoms with van der Waals surface area (Å²) in [6.07, 6.45) is 6.93. The average molecular weight is 495 g/mol. The van der Waals surface area contributed by atoms with Gasteiger partial charge >= 0.3 is 0 Å². The molecule has 0 spiro atoms. The van der Waals surface area contributed by atoms with Gasteiger partial charge in [0.25, 0.3) is 0 Å². The number of rotatable bonds is 7. The largest absolute Gasteiger partial charge is 0.491 e. The molecule has 0 atom stereocenters. The van der Waals surface area contributed by atoms with Crippen molar-refractivity contribution in [3.05, 3.63) is 73.1 Å². The molecule has 9 nitrogen and oxygen atoms in total. The van der Waals surface area contributed by atoms with Gasteiger partial charge in [0, 0.05) is 41.8 Å². The predicted molar refractivity (Wildman–Crippen MR) is 139 cm³/mol. The first kappa shape index (κ1) is 22.7. The molecule has 2 N–H and O–H groups in total. The highest BCUT2D eigenvalue weighted by Gasteiger charge is 2.17. The van der Waals surface area contributed by atoms with Crippen molar-refractivity contribution < 1.29 is 9.13 Å². The van der Waals surface area contributed by atoms with Crippen LogP contribution in [0.1, 0.15) is 0 Å². The van der Waals surface area contributed by atoms with Gasteiger partial charge in [-0.2, -0.15) is 5.10 Å². The van der Waals surface area contributed by atoms with Crippen LogP contribution in [0.25, 0.3) is 56.0 Å². The summed E-state index contributed by atoms with van der Waals surface area (Å²) in [4.78, 5) is 23.5. The van der Waals surface area contributed by atoms with Gasteiger partial charge in [0.2, 0.25) is 0 Å². The Morgan fingerprint density at radius 3 is 2.70 bits per heavy atom. The fourth-order valence-electron chi connectivity index (χ4n) is 4.14. The quantitative estimate of drug-likeness (QED) is 0.331. The lowest BCUT2D eigenvalue weighted by Gasteiger charge is -2.11. The summed E-state index contributed by atoms with van der Waals surface area (Å²) in [5.74, 6) is 0.928. The molecule has 1 aromatic carbocycles. The van der Waals surface area contributed by atoms with Crippen molar-refractivity contribution in [1.29, 1.82) is 0 Å². The Labute approximate surface area is 211 Å². The van der Waals surface area contributed by atoms with E-state index >= 15 is 0 Å². The highest BCUT2D eigenvalue weighted by molar-refractivity contribution is 5.96. The van der Waals surface area contributed by atoms with E-state index in [0.29, 0.717) is 46.3 Å². The topological polar surface area (TPSA) is 108 Å². The van der Waals surface area contributed by atoms with Crippen molar-refractivity contribution in [2.45, 2.75) is 0 Å². The first-order valence-electron chi connectivity index (χ1n) is 11.7. The molecule has 6 aromatic rings. The number of ether oxygens (including phenoxy) is 1. The average Bonchev–Trinajstić information content (AvgIpc) is 3.52. The second-order valence-electron chi connectivity index (χ2n) is 8.90. The molecule has 10 heteroatoms. The number of likely N-dealkylation sites (N-methyl/N-ethyl adjacent to an activating group) is 1. The molecule has 0 unspecified atom stereocenters. The normalized spacial score (nSPS) is 11.6. The van der Waals surface area contributed by atoms with Crippen LogP contribution in [0.4, 0.5) is 4.39 Å². The number of aromatic nitrogens is 7. The molecule has 0 amide bonds. The van der Waals surface area contributed by atoms with Crippen LogP contribution in [0.5, 0.6) is 5.75 Å². The molecule has 0 aliphatic rings. The molecule has 37 heavy (non-hydrogen) atoms. The summed E-state index contributed by atoms with van der Waals surface area (Å²) in [7, 11) is 4.00. The molecular weight excluding hydrogens is 471 g/mol. The maximum Gasteiger partial charge on any atom is 0.159 e. The SMILES string of the molecule is CN(C)CCOc1cncc(-c2cnc3[nH]nc(-c4nc5c(-c6cccc(F)c6)nccc5[nH]4)c3c2)c1. The van der Waals surface area contributed by atoms with Crippen LogP contribution in [-0.4, -0.2) is 67.3 Å². The lowest BCUT2D eigenvalue weighted by molar-refractivity contribution is 0.261. The third kappa shape index (κ3) is 4.50. The minimum absolute atomic E-state index is 0.328. The molecule has 0 aliphatic carbocycles. The number of nitrogens with zero attached hydrogens (tertiary/aromatic N) is 6. The van der Waals surface area contributed by atoms with Crippen molar-refractivity contribution >= 4 is 22.1 Å². The van der Waals surface area contributed by atoms with E-state index in [-0.39, 0.29) is 5.82 Å². The predicted octanol–water partition coefficient (Wildman–Crippen LogP) is 4.70. The number of hydrogen-bond donors (Lipinski definition) is 2. The van der Waals surface area contributed by atoms with Crippen LogP contribution in [0.2, 0.25) is 0 Å². The van der Waals surface area contributed by atoms with Gasteiger partial charge in [0.05, 0.1) is 22.8 Å². The number of benzene rings is 1. The summed E-state index contributed by atoms with van der Waals surface area (Å²) < 4.78 is 19.7. The molecule has 0 fully saturated rings. The minimum atomic E-state index is -0.328. The summed E-state index contributed by atoms with van der Waals surface area (Å²) in [6, 6.07) is 12.1. The standard InChI is InChI=1S/C27H23FN8O/c1-36(2)8-9-37-20-11-17(13-29-15-20)18-12-21-24(34-35-26(21)31-14-18)27-32-22-6-7-30-23(25(22)33-27)16-4-3-5-19(28)10-16/h3-7,10-15H,8-9H2,1-2H3,(H,32,33)(H,31,34,35). The van der Waals surface area contributed by atoms with E-state index in [1.54, 1.807) is 30.9 Å². The lowest BCUT2D eigenvalue weighted by atomic mass is 10.1. The zero-order valence-corrected chi connectivity index (χ0v) is 20.2. The van der Waals surface area contributed by atoms with Crippen molar-refractivity contribution in [3.63, 3.8) is 0 Å². The molecular formula is C27H23FN8O. The van der Waals surface area contributed by atoms with Crippen LogP contribution in [0.3, 0.4) is 0 Å². The van der Waals surface area contributed by atoms with Crippen LogP contribution in [0, 0.1) is 5.82 Å². The van der Waals surface area contributed by atoms with E-state index in [1.807, 2.05) is 38.4 Å². The molecule has 184 valence electrons. The Morgan fingerprint density at radius 1 is 0.946 bits per heavy atom. The zero-order valence-electron chi connectivity index (χ0n) is 20.2. The van der Waals surface area contributed by atoms with Crippen LogP contribution in [-0.2, 0) is 0 Å². The minimum Gasteiger partial charge on any atom is -0.491 e. The summed E-state index contributed by atoms with van der Waals surface area (Å²) in [6.45, 7) is 1.38. The second kappa shape index (κ2) is 9.40. The third-order valence-corrected chi connectivity index (χ3v) is 5.99. The van der Waals surface area contributed by atoms with Crippen molar-refractivity contribution in [1.82, 2.24) is 40.0 Å². The molecule has 0 bridgehead atoms. The van der Waals surface area contributed by atoms with Gasteiger partial charge in [-0.25, -0.2) is 14.4 Å². The number of aromatic amines is 2. The van der Waals surface area contributed by atoms with Gasteiger partial charge in [-0.05, 0) is 44.4 Å². The monoisotopic (exact) mass is 494 g/mol. The molecule has 5 heterocycles. The Balaban J connectivity index is 1.38. The van der Waals surface area contributed by atoms with Crippen molar-refractivity contribution in [3.8, 4) is 39.7 Å². The molecule has 5 aromatic heterocycles. The van der Waals surface area contributed by atoms with Gasteiger partial charge in [0.15, 0.2) is 11.5 Å². The summed E-state index contributed by atoms with van der Waals surface area (Å²) in [5, 5.41) is 8.26. The van der Waals surface area contributed by atoms with Gasteiger partial charge in [-0.3, -0.25) is 15.1 Å². The van der Waals surface area contributed by atoms with E-state index in [9.17, 15) is 4.39 Å². The molecule has 0 saturated heterocycles. The van der Waals surface area contributed by atoms with Gasteiger partial charge in [0.1, 0.15) is 29.4 Å². The number of imidazole rings is 1.